The van der Waals surface area contributed by atoms with Gasteiger partial charge < -0.3 is 5.32 Å². The topological polar surface area (TPSA) is 59.7 Å². The molecule has 0 radical (unpaired) electrons. The van der Waals surface area contributed by atoms with E-state index in [4.69, 9.17) is 10.8 Å². The molecule has 1 aliphatic heterocycles. The van der Waals surface area contributed by atoms with E-state index in [9.17, 15) is 0 Å². The zero-order valence-corrected chi connectivity index (χ0v) is 5.36. The van der Waals surface area contributed by atoms with Crippen molar-refractivity contribution in [2.24, 2.45) is 0 Å². The molecule has 10 heavy (non-hydrogen) atoms. The van der Waals surface area contributed by atoms with Crippen molar-refractivity contribution in [2.75, 3.05) is 0 Å². The van der Waals surface area contributed by atoms with Gasteiger partial charge in [-0.15, -0.1) is 0 Å². The molecule has 0 amide bonds. The molecule has 0 aromatic carbocycles. The summed E-state index contributed by atoms with van der Waals surface area (Å²) in [5.41, 5.74) is 1.86. The van der Waals surface area contributed by atoms with Crippen LogP contribution in [0.5, 0.6) is 0 Å². The zero-order valence-electron chi connectivity index (χ0n) is 5.36. The lowest BCUT2D eigenvalue weighted by atomic mass is 10.2. The van der Waals surface area contributed by atoms with Crippen LogP contribution in [-0.4, -0.2) is 11.7 Å². The molecule has 0 saturated heterocycles. The van der Waals surface area contributed by atoms with E-state index in [0.717, 1.165) is 17.6 Å². The number of rotatable bonds is 0. The molecule has 0 aromatic heterocycles. The first kappa shape index (κ1) is 5.41. The molecule has 1 heterocycles. The average molecular weight is 133 g/mol. The molecular formula is C7H7N3. The third kappa shape index (κ3) is 0.492. The molecule has 0 atom stereocenters. The Morgan fingerprint density at radius 2 is 2.10 bits per heavy atom. The average Bonchev–Trinajstić information content (AvgIpc) is 2.39. The molecule has 0 unspecified atom stereocenters. The first-order valence-corrected chi connectivity index (χ1v) is 3.13. The fraction of sp³-hybridized carbons (Fsp3) is 0.143. The molecule has 2 aliphatic rings. The van der Waals surface area contributed by atoms with Crippen molar-refractivity contribution in [3.8, 4) is 0 Å². The van der Waals surface area contributed by atoms with Crippen LogP contribution in [0.3, 0.4) is 0 Å². The highest BCUT2D eigenvalue weighted by atomic mass is 15.0. The predicted octanol–water partition coefficient (Wildman–Crippen LogP) is 0.801. The van der Waals surface area contributed by atoms with Crippen molar-refractivity contribution in [1.29, 1.82) is 10.8 Å². The predicted molar refractivity (Wildman–Crippen MR) is 39.4 cm³/mol. The van der Waals surface area contributed by atoms with E-state index >= 15 is 0 Å². The third-order valence-electron chi connectivity index (χ3n) is 1.75. The lowest BCUT2D eigenvalue weighted by Gasteiger charge is -1.96. The maximum atomic E-state index is 7.36. The number of hydrogen-bond donors (Lipinski definition) is 3. The monoisotopic (exact) mass is 133 g/mol. The van der Waals surface area contributed by atoms with Crippen LogP contribution in [0.25, 0.3) is 0 Å². The van der Waals surface area contributed by atoms with Crippen LogP contribution in [0.2, 0.25) is 0 Å². The van der Waals surface area contributed by atoms with E-state index in [1.54, 1.807) is 0 Å². The fourth-order valence-corrected chi connectivity index (χ4v) is 1.24. The molecule has 0 aromatic rings. The summed E-state index contributed by atoms with van der Waals surface area (Å²) in [6, 6.07) is 0. The third-order valence-corrected chi connectivity index (χ3v) is 1.75. The number of nitrogens with one attached hydrogen (secondary N) is 3. The van der Waals surface area contributed by atoms with Crippen molar-refractivity contribution in [3.63, 3.8) is 0 Å². The Kier molecular flexibility index (Phi) is 0.845. The van der Waals surface area contributed by atoms with Crippen LogP contribution in [0, 0.1) is 10.8 Å². The largest absolute Gasteiger partial charge is 0.325 e. The van der Waals surface area contributed by atoms with Crippen LogP contribution in [0.4, 0.5) is 0 Å². The quantitative estimate of drug-likeness (QED) is 0.449. The minimum Gasteiger partial charge on any atom is -0.325 e. The van der Waals surface area contributed by atoms with Crippen molar-refractivity contribution >= 4 is 11.7 Å². The van der Waals surface area contributed by atoms with Crippen LogP contribution in [0.15, 0.2) is 23.3 Å². The van der Waals surface area contributed by atoms with Gasteiger partial charge in [0.05, 0.1) is 0 Å². The van der Waals surface area contributed by atoms with E-state index in [0.29, 0.717) is 11.7 Å². The second-order valence-electron chi connectivity index (χ2n) is 2.37. The van der Waals surface area contributed by atoms with E-state index < -0.39 is 0 Å². The van der Waals surface area contributed by atoms with E-state index in [1.165, 1.54) is 0 Å². The van der Waals surface area contributed by atoms with Gasteiger partial charge in [0.25, 0.3) is 0 Å². The van der Waals surface area contributed by atoms with Crippen molar-refractivity contribution in [2.45, 2.75) is 6.42 Å². The van der Waals surface area contributed by atoms with Gasteiger partial charge in [-0.25, -0.2) is 0 Å². The van der Waals surface area contributed by atoms with Gasteiger partial charge in [-0.1, -0.05) is 12.2 Å². The van der Waals surface area contributed by atoms with Gasteiger partial charge in [0, 0.05) is 11.1 Å². The van der Waals surface area contributed by atoms with Crippen LogP contribution in [-0.2, 0) is 0 Å². The number of allylic oxidation sites excluding steroid dienone is 1. The Morgan fingerprint density at radius 3 is 2.80 bits per heavy atom. The lowest BCUT2D eigenvalue weighted by molar-refractivity contribution is 1.24. The lowest BCUT2D eigenvalue weighted by Crippen LogP contribution is -2.22. The Morgan fingerprint density at radius 1 is 1.30 bits per heavy atom. The summed E-state index contributed by atoms with van der Waals surface area (Å²) >= 11 is 0. The summed E-state index contributed by atoms with van der Waals surface area (Å²) in [7, 11) is 0. The fourth-order valence-electron chi connectivity index (χ4n) is 1.24. The van der Waals surface area contributed by atoms with Crippen molar-refractivity contribution < 1.29 is 0 Å². The second kappa shape index (κ2) is 1.56. The molecule has 0 saturated carbocycles. The van der Waals surface area contributed by atoms with E-state index in [-0.39, 0.29) is 0 Å². The minimum absolute atomic E-state index is 0.369. The van der Waals surface area contributed by atoms with Gasteiger partial charge in [-0.2, -0.15) is 0 Å². The van der Waals surface area contributed by atoms with Gasteiger partial charge in [0.15, 0.2) is 0 Å². The molecule has 3 nitrogen and oxygen atoms in total. The highest BCUT2D eigenvalue weighted by molar-refractivity contribution is 6.23. The summed E-state index contributed by atoms with van der Waals surface area (Å²) in [5, 5.41) is 17.4. The normalized spacial score (nSPS) is 22.0. The molecule has 50 valence electrons. The Bertz CT molecular complexity index is 283. The second-order valence-corrected chi connectivity index (χ2v) is 2.37. The summed E-state index contributed by atoms with van der Waals surface area (Å²) in [6.45, 7) is 0. The molecule has 0 fully saturated rings. The summed E-state index contributed by atoms with van der Waals surface area (Å²) in [4.78, 5) is 0. The SMILES string of the molecule is N=C1NC(=N)C2=C1C=CC2. The molecular weight excluding hydrogens is 126 g/mol. The van der Waals surface area contributed by atoms with Crippen molar-refractivity contribution in [1.82, 2.24) is 5.32 Å². The van der Waals surface area contributed by atoms with E-state index in [2.05, 4.69) is 5.32 Å². The van der Waals surface area contributed by atoms with Gasteiger partial charge >= 0.3 is 0 Å². The number of amidine groups is 2. The Balaban J connectivity index is 2.52. The Hall–Kier alpha value is -1.38. The van der Waals surface area contributed by atoms with Gasteiger partial charge in [-0.3, -0.25) is 10.8 Å². The van der Waals surface area contributed by atoms with E-state index in [1.807, 2.05) is 12.2 Å². The molecule has 0 bridgehead atoms. The van der Waals surface area contributed by atoms with Crippen LogP contribution < -0.4 is 5.32 Å². The zero-order chi connectivity index (χ0) is 7.14. The summed E-state index contributed by atoms with van der Waals surface area (Å²) in [5.74, 6) is 0.763. The Labute approximate surface area is 58.5 Å². The smallest absolute Gasteiger partial charge is 0.131 e. The molecule has 3 N–H and O–H groups in total. The molecule has 1 aliphatic carbocycles. The molecule has 0 spiro atoms. The highest BCUT2D eigenvalue weighted by Crippen LogP contribution is 2.23. The first-order valence-electron chi connectivity index (χ1n) is 3.13. The highest BCUT2D eigenvalue weighted by Gasteiger charge is 2.24. The van der Waals surface area contributed by atoms with Crippen LogP contribution in [0.1, 0.15) is 6.42 Å². The van der Waals surface area contributed by atoms with Gasteiger partial charge in [-0.05, 0) is 6.42 Å². The van der Waals surface area contributed by atoms with Crippen molar-refractivity contribution in [3.05, 3.63) is 23.3 Å². The van der Waals surface area contributed by atoms with Gasteiger partial charge in [0.2, 0.25) is 0 Å². The maximum Gasteiger partial charge on any atom is 0.131 e. The molecule has 3 heteroatoms. The number of hydrogen-bond acceptors (Lipinski definition) is 2. The standard InChI is InChI=1S/C7H7N3/c8-6-4-2-1-3-5(4)7(9)10-6/h1-2H,3H2,(H3,8,9,10). The first-order chi connectivity index (χ1) is 4.79. The van der Waals surface area contributed by atoms with Gasteiger partial charge in [0.1, 0.15) is 11.7 Å². The van der Waals surface area contributed by atoms with Crippen LogP contribution >= 0.6 is 0 Å². The maximum absolute atomic E-state index is 7.36. The summed E-state index contributed by atoms with van der Waals surface area (Å²) < 4.78 is 0. The minimum atomic E-state index is 0.369. The summed E-state index contributed by atoms with van der Waals surface area (Å²) in [6.07, 6.45) is 4.68. The molecule has 2 rings (SSSR count).